The SMILES string of the molecule is CCOC(=O)c1cccc(OC(=O)c2ccc(Cl)cc2Cl)c1. The van der Waals surface area contributed by atoms with Crippen LogP contribution in [0, 0.1) is 0 Å². The van der Waals surface area contributed by atoms with E-state index < -0.39 is 11.9 Å². The Balaban J connectivity index is 2.18. The van der Waals surface area contributed by atoms with Crippen molar-refractivity contribution in [2.24, 2.45) is 0 Å². The van der Waals surface area contributed by atoms with Crippen LogP contribution in [0.3, 0.4) is 0 Å². The lowest BCUT2D eigenvalue weighted by Gasteiger charge is -2.07. The molecular weight excluding hydrogens is 327 g/mol. The second kappa shape index (κ2) is 7.29. The molecular formula is C16H12Cl2O4. The minimum absolute atomic E-state index is 0.188. The summed E-state index contributed by atoms with van der Waals surface area (Å²) in [5, 5.41) is 0.616. The summed E-state index contributed by atoms with van der Waals surface area (Å²) in [5.41, 5.74) is 0.488. The zero-order chi connectivity index (χ0) is 16.1. The molecule has 2 aromatic rings. The van der Waals surface area contributed by atoms with Crippen molar-refractivity contribution in [3.63, 3.8) is 0 Å². The highest BCUT2D eigenvalue weighted by Gasteiger charge is 2.14. The van der Waals surface area contributed by atoms with Gasteiger partial charge in [-0.1, -0.05) is 29.3 Å². The minimum Gasteiger partial charge on any atom is -0.462 e. The highest BCUT2D eigenvalue weighted by atomic mass is 35.5. The molecule has 0 saturated carbocycles. The van der Waals surface area contributed by atoms with Gasteiger partial charge >= 0.3 is 11.9 Å². The molecule has 0 aliphatic rings. The number of benzene rings is 2. The molecule has 0 aliphatic carbocycles. The predicted octanol–water partition coefficient (Wildman–Crippen LogP) is 4.39. The lowest BCUT2D eigenvalue weighted by Crippen LogP contribution is -2.10. The van der Waals surface area contributed by atoms with Gasteiger partial charge in [0.15, 0.2) is 0 Å². The Morgan fingerprint density at radius 2 is 1.82 bits per heavy atom. The van der Waals surface area contributed by atoms with Gasteiger partial charge in [0.1, 0.15) is 5.75 Å². The van der Waals surface area contributed by atoms with Gasteiger partial charge in [-0.05, 0) is 43.3 Å². The normalized spacial score (nSPS) is 10.1. The first-order chi connectivity index (χ1) is 10.5. The summed E-state index contributed by atoms with van der Waals surface area (Å²) >= 11 is 11.7. The summed E-state index contributed by atoms with van der Waals surface area (Å²) in [6.45, 7) is 1.98. The van der Waals surface area contributed by atoms with E-state index >= 15 is 0 Å². The quantitative estimate of drug-likeness (QED) is 0.612. The van der Waals surface area contributed by atoms with Crippen LogP contribution in [-0.4, -0.2) is 18.5 Å². The highest BCUT2D eigenvalue weighted by Crippen LogP contribution is 2.23. The van der Waals surface area contributed by atoms with Gasteiger partial charge in [-0.25, -0.2) is 9.59 Å². The fourth-order valence-electron chi connectivity index (χ4n) is 1.72. The van der Waals surface area contributed by atoms with Gasteiger partial charge in [0.2, 0.25) is 0 Å². The lowest BCUT2D eigenvalue weighted by molar-refractivity contribution is 0.0524. The van der Waals surface area contributed by atoms with Crippen LogP contribution in [0.25, 0.3) is 0 Å². The largest absolute Gasteiger partial charge is 0.462 e. The molecule has 114 valence electrons. The Hall–Kier alpha value is -2.04. The molecule has 0 N–H and O–H groups in total. The van der Waals surface area contributed by atoms with Crippen LogP contribution in [0.1, 0.15) is 27.6 Å². The Bertz CT molecular complexity index is 713. The Labute approximate surface area is 137 Å². The van der Waals surface area contributed by atoms with E-state index in [4.69, 9.17) is 32.7 Å². The van der Waals surface area contributed by atoms with Crippen molar-refractivity contribution in [3.8, 4) is 5.75 Å². The van der Waals surface area contributed by atoms with Crippen molar-refractivity contribution in [2.75, 3.05) is 6.61 Å². The fraction of sp³-hybridized carbons (Fsp3) is 0.125. The van der Waals surface area contributed by atoms with E-state index in [1.54, 1.807) is 31.2 Å². The van der Waals surface area contributed by atoms with E-state index in [0.717, 1.165) is 0 Å². The van der Waals surface area contributed by atoms with Gasteiger partial charge in [-0.15, -0.1) is 0 Å². The Morgan fingerprint density at radius 3 is 2.50 bits per heavy atom. The Kier molecular flexibility index (Phi) is 5.41. The van der Waals surface area contributed by atoms with Crippen LogP contribution in [0.4, 0.5) is 0 Å². The number of carbonyl (C=O) groups is 2. The first-order valence-electron chi connectivity index (χ1n) is 6.45. The summed E-state index contributed by atoms with van der Waals surface area (Å²) in [7, 11) is 0. The monoisotopic (exact) mass is 338 g/mol. The van der Waals surface area contributed by atoms with Crippen molar-refractivity contribution < 1.29 is 19.1 Å². The standard InChI is InChI=1S/C16H12Cl2O4/c1-2-21-15(19)10-4-3-5-12(8-10)22-16(20)13-7-6-11(17)9-14(13)18/h3-9H,2H2,1H3. The molecule has 2 rings (SSSR count). The molecule has 0 heterocycles. The molecule has 0 atom stereocenters. The van der Waals surface area contributed by atoms with Crippen molar-refractivity contribution in [1.82, 2.24) is 0 Å². The maximum atomic E-state index is 12.1. The van der Waals surface area contributed by atoms with Crippen LogP contribution in [0.2, 0.25) is 10.0 Å². The molecule has 4 nitrogen and oxygen atoms in total. The van der Waals surface area contributed by atoms with E-state index in [9.17, 15) is 9.59 Å². The van der Waals surface area contributed by atoms with Crippen molar-refractivity contribution in [3.05, 3.63) is 63.6 Å². The van der Waals surface area contributed by atoms with Gasteiger partial charge < -0.3 is 9.47 Å². The second-order valence-electron chi connectivity index (χ2n) is 4.26. The van der Waals surface area contributed by atoms with E-state index in [1.165, 1.54) is 18.2 Å². The van der Waals surface area contributed by atoms with Crippen LogP contribution < -0.4 is 4.74 Å². The van der Waals surface area contributed by atoms with Gasteiger partial charge in [0.05, 0.1) is 22.8 Å². The number of esters is 2. The summed E-state index contributed by atoms with van der Waals surface area (Å²) in [5.74, 6) is -0.894. The molecule has 0 bridgehead atoms. The minimum atomic E-state index is -0.636. The molecule has 0 saturated heterocycles. The first kappa shape index (κ1) is 16.3. The van der Waals surface area contributed by atoms with Crippen LogP contribution in [0.5, 0.6) is 5.75 Å². The molecule has 0 radical (unpaired) electrons. The second-order valence-corrected chi connectivity index (χ2v) is 5.11. The molecule has 6 heteroatoms. The zero-order valence-electron chi connectivity index (χ0n) is 11.6. The van der Waals surface area contributed by atoms with Crippen molar-refractivity contribution >= 4 is 35.1 Å². The van der Waals surface area contributed by atoms with E-state index in [1.807, 2.05) is 0 Å². The summed E-state index contributed by atoms with van der Waals surface area (Å²) < 4.78 is 10.1. The molecule has 0 spiro atoms. The van der Waals surface area contributed by atoms with E-state index in [-0.39, 0.29) is 22.9 Å². The third kappa shape index (κ3) is 4.00. The average Bonchev–Trinajstić information content (AvgIpc) is 2.47. The number of halogens is 2. The third-order valence-corrected chi connectivity index (χ3v) is 3.25. The predicted molar refractivity (Wildman–Crippen MR) is 83.8 cm³/mol. The molecule has 0 fully saturated rings. The summed E-state index contributed by atoms with van der Waals surface area (Å²) in [6.07, 6.45) is 0. The third-order valence-electron chi connectivity index (χ3n) is 2.71. The number of carbonyl (C=O) groups excluding carboxylic acids is 2. The summed E-state index contributed by atoms with van der Waals surface area (Å²) in [4.78, 5) is 23.7. The van der Waals surface area contributed by atoms with Crippen molar-refractivity contribution in [2.45, 2.75) is 6.92 Å². The topological polar surface area (TPSA) is 52.6 Å². The van der Waals surface area contributed by atoms with Crippen LogP contribution in [-0.2, 0) is 4.74 Å². The van der Waals surface area contributed by atoms with Crippen molar-refractivity contribution in [1.29, 1.82) is 0 Å². The maximum Gasteiger partial charge on any atom is 0.345 e. The number of ether oxygens (including phenoxy) is 2. The molecule has 22 heavy (non-hydrogen) atoms. The smallest absolute Gasteiger partial charge is 0.345 e. The van der Waals surface area contributed by atoms with Gasteiger partial charge in [0.25, 0.3) is 0 Å². The fourth-order valence-corrected chi connectivity index (χ4v) is 2.20. The maximum absolute atomic E-state index is 12.1. The highest BCUT2D eigenvalue weighted by molar-refractivity contribution is 6.36. The van der Waals surface area contributed by atoms with Crippen LogP contribution >= 0.6 is 23.2 Å². The van der Waals surface area contributed by atoms with Gasteiger partial charge in [0, 0.05) is 5.02 Å². The lowest BCUT2D eigenvalue weighted by atomic mass is 10.2. The van der Waals surface area contributed by atoms with Gasteiger partial charge in [-0.2, -0.15) is 0 Å². The first-order valence-corrected chi connectivity index (χ1v) is 7.21. The van der Waals surface area contributed by atoms with Crippen LogP contribution in [0.15, 0.2) is 42.5 Å². The molecule has 2 aromatic carbocycles. The number of hydrogen-bond donors (Lipinski definition) is 0. The Morgan fingerprint density at radius 1 is 1.05 bits per heavy atom. The molecule has 0 aliphatic heterocycles. The van der Waals surface area contributed by atoms with E-state index in [2.05, 4.69) is 0 Å². The molecule has 0 unspecified atom stereocenters. The molecule has 0 amide bonds. The number of rotatable bonds is 4. The number of hydrogen-bond acceptors (Lipinski definition) is 4. The van der Waals surface area contributed by atoms with E-state index in [0.29, 0.717) is 10.6 Å². The summed E-state index contributed by atoms with van der Waals surface area (Å²) in [6, 6.07) is 10.6. The van der Waals surface area contributed by atoms with Gasteiger partial charge in [-0.3, -0.25) is 0 Å². The molecule has 0 aromatic heterocycles. The zero-order valence-corrected chi connectivity index (χ0v) is 13.1. The average molecular weight is 339 g/mol.